The van der Waals surface area contributed by atoms with Crippen LogP contribution in [0.1, 0.15) is 64.5 Å². The van der Waals surface area contributed by atoms with E-state index in [9.17, 15) is 9.59 Å². The third kappa shape index (κ3) is 2.25. The van der Waals surface area contributed by atoms with Crippen LogP contribution >= 0.6 is 0 Å². The van der Waals surface area contributed by atoms with Crippen molar-refractivity contribution in [2.75, 3.05) is 0 Å². The Bertz CT molecular complexity index is 846. The van der Waals surface area contributed by atoms with Gasteiger partial charge in [0.05, 0.1) is 11.5 Å². The van der Waals surface area contributed by atoms with E-state index in [1.165, 1.54) is 12.8 Å². The number of carbonyl (C=O) groups excluding carboxylic acids is 2. The van der Waals surface area contributed by atoms with Crippen LogP contribution in [0, 0.1) is 23.2 Å². The first-order valence-electron chi connectivity index (χ1n) is 11.3. The highest BCUT2D eigenvalue weighted by Gasteiger charge is 2.71. The average molecular weight is 395 g/mol. The average Bonchev–Trinajstić information content (AvgIpc) is 3.48. The van der Waals surface area contributed by atoms with Gasteiger partial charge in [-0.1, -0.05) is 6.07 Å². The van der Waals surface area contributed by atoms with Gasteiger partial charge in [-0.2, -0.15) is 0 Å². The van der Waals surface area contributed by atoms with Gasteiger partial charge in [-0.3, -0.25) is 14.6 Å². The quantitative estimate of drug-likeness (QED) is 0.567. The van der Waals surface area contributed by atoms with Crippen LogP contribution in [-0.2, 0) is 19.7 Å². The second-order valence-electron chi connectivity index (χ2n) is 11.1. The molecule has 29 heavy (non-hydrogen) atoms. The lowest BCUT2D eigenvalue weighted by Crippen LogP contribution is -2.77. The molecule has 0 radical (unpaired) electrons. The number of likely N-dealkylation sites (tertiary alicyclic amines) is 1. The van der Waals surface area contributed by atoms with Crippen LogP contribution in [-0.4, -0.2) is 39.9 Å². The lowest BCUT2D eigenvalue weighted by atomic mass is 9.50. The Kier molecular flexibility index (Phi) is 3.47. The van der Waals surface area contributed by atoms with Crippen LogP contribution < -0.4 is 0 Å². The summed E-state index contributed by atoms with van der Waals surface area (Å²) < 4.78 is 5.67. The lowest BCUT2D eigenvalue weighted by molar-refractivity contribution is -0.216. The molecule has 5 nitrogen and oxygen atoms in total. The minimum Gasteiger partial charge on any atom is -0.461 e. The van der Waals surface area contributed by atoms with E-state index < -0.39 is 0 Å². The van der Waals surface area contributed by atoms with Crippen molar-refractivity contribution in [2.24, 2.45) is 23.2 Å². The van der Waals surface area contributed by atoms with E-state index in [4.69, 9.17) is 9.72 Å². The number of carbonyl (C=O) groups is 2. The van der Waals surface area contributed by atoms with Gasteiger partial charge in [-0.25, -0.2) is 0 Å². The van der Waals surface area contributed by atoms with Gasteiger partial charge in [-0.15, -0.1) is 0 Å². The molecule has 154 valence electrons. The third-order valence-electron chi connectivity index (χ3n) is 9.02. The predicted octanol–water partition coefficient (Wildman–Crippen LogP) is 3.47. The Morgan fingerprint density at radius 2 is 1.86 bits per heavy atom. The number of hydrogen-bond acceptors (Lipinski definition) is 4. The zero-order chi connectivity index (χ0) is 20.0. The number of hydrogen-bond donors (Lipinski definition) is 0. The largest absolute Gasteiger partial charge is 0.461 e. The van der Waals surface area contributed by atoms with Crippen molar-refractivity contribution in [1.82, 2.24) is 9.88 Å². The predicted molar refractivity (Wildman–Crippen MR) is 107 cm³/mol. The maximum atomic E-state index is 13.4. The fourth-order valence-electron chi connectivity index (χ4n) is 8.20. The van der Waals surface area contributed by atoms with Gasteiger partial charge < -0.3 is 9.64 Å². The summed E-state index contributed by atoms with van der Waals surface area (Å²) in [4.78, 5) is 31.6. The highest BCUT2D eigenvalue weighted by atomic mass is 16.5. The molecule has 0 aromatic carbocycles. The molecule has 6 aliphatic rings. The second kappa shape index (κ2) is 5.61. The summed E-state index contributed by atoms with van der Waals surface area (Å²) >= 11 is 0. The molecule has 4 bridgehead atoms. The van der Waals surface area contributed by atoms with Gasteiger partial charge in [0.1, 0.15) is 5.60 Å². The van der Waals surface area contributed by atoms with Gasteiger partial charge in [0.15, 0.2) is 0 Å². The Labute approximate surface area is 172 Å². The van der Waals surface area contributed by atoms with E-state index in [-0.39, 0.29) is 22.5 Å². The fraction of sp³-hybridized carbons (Fsp3) is 0.708. The number of ether oxygens (including phenoxy) is 1. The summed E-state index contributed by atoms with van der Waals surface area (Å²) in [5, 5.41) is 0. The molecule has 0 spiro atoms. The Hall–Kier alpha value is -1.91. The topological polar surface area (TPSA) is 59.5 Å². The molecule has 2 heterocycles. The fourth-order valence-corrected chi connectivity index (χ4v) is 8.20. The maximum Gasteiger partial charge on any atom is 0.293 e. The number of rotatable bonds is 5. The summed E-state index contributed by atoms with van der Waals surface area (Å²) in [6.07, 6.45) is 9.35. The van der Waals surface area contributed by atoms with E-state index in [1.54, 1.807) is 0 Å². The summed E-state index contributed by atoms with van der Waals surface area (Å²) in [7, 11) is 0. The van der Waals surface area contributed by atoms with Crippen LogP contribution in [0.5, 0.6) is 0 Å². The van der Waals surface area contributed by atoms with Gasteiger partial charge in [0.25, 0.3) is 6.47 Å². The standard InChI is InChI=1S/C24H30N2O3/c1-22(2)20(24(6-7-24)18-5-3-4-8-25-18)26(21(22)28)19-16-9-15-10-17(19)13-23(11-15,12-16)29-14-27/h3-5,8,14-17,19-20H,6-7,9-13H2,1-2H3. The lowest BCUT2D eigenvalue weighted by Gasteiger charge is -2.67. The highest BCUT2D eigenvalue weighted by Crippen LogP contribution is 2.65. The SMILES string of the molecule is CC1(C)C(=O)N(C2C3CC4CC2CC(OC=O)(C4)C3)C1C1(c2ccccn2)CC1. The molecule has 6 fully saturated rings. The van der Waals surface area contributed by atoms with Crippen molar-refractivity contribution in [3.05, 3.63) is 30.1 Å². The van der Waals surface area contributed by atoms with Crippen LogP contribution in [0.15, 0.2) is 24.4 Å². The molecule has 1 saturated heterocycles. The first-order chi connectivity index (χ1) is 13.9. The van der Waals surface area contributed by atoms with Gasteiger partial charge in [0.2, 0.25) is 5.91 Å². The van der Waals surface area contributed by atoms with Crippen molar-refractivity contribution in [2.45, 2.75) is 81.9 Å². The molecule has 5 aliphatic carbocycles. The van der Waals surface area contributed by atoms with Crippen molar-refractivity contribution >= 4 is 12.4 Å². The van der Waals surface area contributed by atoms with Gasteiger partial charge in [0, 0.05) is 23.3 Å². The summed E-state index contributed by atoms with van der Waals surface area (Å²) in [6, 6.07) is 6.72. The molecule has 1 amide bonds. The monoisotopic (exact) mass is 394 g/mol. The van der Waals surface area contributed by atoms with E-state index >= 15 is 0 Å². The molecule has 3 atom stereocenters. The summed E-state index contributed by atoms with van der Waals surface area (Å²) in [5.41, 5.74) is 0.579. The zero-order valence-corrected chi connectivity index (χ0v) is 17.3. The van der Waals surface area contributed by atoms with Crippen LogP contribution in [0.4, 0.5) is 0 Å². The number of nitrogens with zero attached hydrogens (tertiary/aromatic N) is 2. The molecule has 5 heteroatoms. The molecule has 1 aromatic heterocycles. The number of β-lactam (4-membered cyclic amide) rings is 1. The summed E-state index contributed by atoms with van der Waals surface area (Å²) in [5.74, 6) is 1.89. The molecule has 3 unspecified atom stereocenters. The first-order valence-corrected chi connectivity index (χ1v) is 11.3. The minimum absolute atomic E-state index is 0.0182. The molecule has 0 N–H and O–H groups in total. The highest BCUT2D eigenvalue weighted by molar-refractivity contribution is 5.91. The molecular formula is C24H30N2O3. The number of aromatic nitrogens is 1. The number of pyridine rings is 1. The Balaban J connectivity index is 1.36. The second-order valence-corrected chi connectivity index (χ2v) is 11.1. The van der Waals surface area contributed by atoms with Crippen LogP contribution in [0.25, 0.3) is 0 Å². The van der Waals surface area contributed by atoms with E-state index in [0.717, 1.165) is 37.8 Å². The van der Waals surface area contributed by atoms with Gasteiger partial charge >= 0.3 is 0 Å². The normalized spacial score (nSPS) is 43.0. The van der Waals surface area contributed by atoms with Crippen molar-refractivity contribution < 1.29 is 14.3 Å². The Morgan fingerprint density at radius 1 is 1.14 bits per heavy atom. The van der Waals surface area contributed by atoms with E-state index in [2.05, 4.69) is 30.9 Å². The van der Waals surface area contributed by atoms with E-state index in [1.807, 2.05) is 12.3 Å². The summed E-state index contributed by atoms with van der Waals surface area (Å²) in [6.45, 7) is 4.92. The van der Waals surface area contributed by atoms with Crippen LogP contribution in [0.2, 0.25) is 0 Å². The number of amides is 1. The van der Waals surface area contributed by atoms with Crippen molar-refractivity contribution in [3.63, 3.8) is 0 Å². The zero-order valence-electron chi connectivity index (χ0n) is 17.3. The molecule has 7 rings (SSSR count). The Morgan fingerprint density at radius 3 is 2.45 bits per heavy atom. The molecule has 1 aromatic rings. The van der Waals surface area contributed by atoms with E-state index in [0.29, 0.717) is 36.2 Å². The maximum absolute atomic E-state index is 13.4. The molecular weight excluding hydrogens is 364 g/mol. The van der Waals surface area contributed by atoms with Crippen molar-refractivity contribution in [3.8, 4) is 0 Å². The smallest absolute Gasteiger partial charge is 0.293 e. The van der Waals surface area contributed by atoms with Gasteiger partial charge in [-0.05, 0) is 88.7 Å². The first kappa shape index (κ1) is 17.9. The third-order valence-corrected chi connectivity index (χ3v) is 9.02. The minimum atomic E-state index is -0.334. The van der Waals surface area contributed by atoms with Crippen LogP contribution in [0.3, 0.4) is 0 Å². The van der Waals surface area contributed by atoms with Crippen molar-refractivity contribution in [1.29, 1.82) is 0 Å². The molecule has 1 aliphatic heterocycles. The molecule has 5 saturated carbocycles.